The molecule has 0 saturated heterocycles. The normalized spacial score (nSPS) is 23.2. The summed E-state index contributed by atoms with van der Waals surface area (Å²) in [6.07, 6.45) is 3.04. The van der Waals surface area contributed by atoms with Crippen LogP contribution >= 0.6 is 0 Å². The van der Waals surface area contributed by atoms with Crippen LogP contribution in [0.15, 0.2) is 30.3 Å². The van der Waals surface area contributed by atoms with Gasteiger partial charge in [-0.3, -0.25) is 9.78 Å². The van der Waals surface area contributed by atoms with Crippen molar-refractivity contribution in [2.75, 3.05) is 0 Å². The Morgan fingerprint density at radius 2 is 2.38 bits per heavy atom. The number of carbonyl (C=O) groups is 1. The van der Waals surface area contributed by atoms with Crippen LogP contribution in [-0.2, 0) is 15.3 Å². The fourth-order valence-electron chi connectivity index (χ4n) is 1.59. The van der Waals surface area contributed by atoms with Crippen LogP contribution in [-0.4, -0.2) is 10.9 Å². The number of carbonyl (C=O) groups excluding carboxylic acids is 1. The topological polar surface area (TPSA) is 77.2 Å². The van der Waals surface area contributed by atoms with Gasteiger partial charge in [0.05, 0.1) is 0 Å². The molecular formula is C11H13N3O2. The predicted octanol–water partition coefficient (Wildman–Crippen LogP) is 0.509. The lowest BCUT2D eigenvalue weighted by molar-refractivity contribution is -0.115. The van der Waals surface area contributed by atoms with Gasteiger partial charge in [-0.05, 0) is 26.0 Å². The molecule has 0 aliphatic carbocycles. The highest BCUT2D eigenvalue weighted by Crippen LogP contribution is 2.28. The van der Waals surface area contributed by atoms with Crippen LogP contribution in [0.25, 0.3) is 0 Å². The lowest BCUT2D eigenvalue weighted by Gasteiger charge is -2.25. The van der Waals surface area contributed by atoms with E-state index in [4.69, 9.17) is 10.5 Å². The Bertz CT molecular complexity index is 470. The fraction of sp³-hybridized carbons (Fsp3) is 0.273. The number of pyridine rings is 1. The van der Waals surface area contributed by atoms with E-state index < -0.39 is 11.6 Å². The van der Waals surface area contributed by atoms with Gasteiger partial charge >= 0.3 is 0 Å². The molecule has 1 atom stereocenters. The molecule has 0 saturated carbocycles. The van der Waals surface area contributed by atoms with Crippen LogP contribution in [0.4, 0.5) is 0 Å². The first-order valence-electron chi connectivity index (χ1n) is 4.90. The molecule has 1 aliphatic heterocycles. The Labute approximate surface area is 93.3 Å². The number of aryl methyl sites for hydroxylation is 1. The van der Waals surface area contributed by atoms with E-state index in [1.807, 2.05) is 26.0 Å². The van der Waals surface area contributed by atoms with Crippen LogP contribution in [0.2, 0.25) is 0 Å². The van der Waals surface area contributed by atoms with Gasteiger partial charge in [0, 0.05) is 17.5 Å². The molecule has 0 fully saturated rings. The van der Waals surface area contributed by atoms with Gasteiger partial charge < -0.3 is 15.8 Å². The smallest absolute Gasteiger partial charge is 0.268 e. The molecule has 1 unspecified atom stereocenters. The molecule has 1 amide bonds. The molecule has 0 bridgehead atoms. The van der Waals surface area contributed by atoms with Crippen molar-refractivity contribution >= 4 is 5.91 Å². The SMILES string of the molecule is Cc1cc(C2(C)NC(C(N)=O)=CO2)ccn1. The summed E-state index contributed by atoms with van der Waals surface area (Å²) in [4.78, 5) is 15.1. The number of nitrogens with two attached hydrogens (primary N) is 1. The van der Waals surface area contributed by atoms with Crippen molar-refractivity contribution in [1.82, 2.24) is 10.3 Å². The van der Waals surface area contributed by atoms with Gasteiger partial charge in [-0.1, -0.05) is 0 Å². The monoisotopic (exact) mass is 219 g/mol. The average Bonchev–Trinajstić information content (AvgIpc) is 2.63. The van der Waals surface area contributed by atoms with E-state index in [0.29, 0.717) is 0 Å². The number of nitrogens with one attached hydrogen (secondary N) is 1. The van der Waals surface area contributed by atoms with Gasteiger partial charge in [0.15, 0.2) is 0 Å². The predicted molar refractivity (Wildman–Crippen MR) is 57.8 cm³/mol. The Morgan fingerprint density at radius 1 is 1.62 bits per heavy atom. The molecule has 0 radical (unpaired) electrons. The standard InChI is InChI=1S/C11H13N3O2/c1-7-5-8(3-4-13-7)11(2)14-9(6-16-11)10(12)15/h3-6,14H,1-2H3,(H2,12,15). The third-order valence-electron chi connectivity index (χ3n) is 2.50. The second-order valence-corrected chi connectivity index (χ2v) is 3.86. The lowest BCUT2D eigenvalue weighted by atomic mass is 10.1. The minimum atomic E-state index is -0.752. The maximum Gasteiger partial charge on any atom is 0.268 e. The maximum atomic E-state index is 11.0. The van der Waals surface area contributed by atoms with Gasteiger partial charge in [-0.25, -0.2) is 0 Å². The highest BCUT2D eigenvalue weighted by Gasteiger charge is 2.34. The van der Waals surface area contributed by atoms with E-state index in [-0.39, 0.29) is 5.70 Å². The molecule has 0 aromatic carbocycles. The zero-order valence-electron chi connectivity index (χ0n) is 9.15. The second-order valence-electron chi connectivity index (χ2n) is 3.86. The first-order valence-corrected chi connectivity index (χ1v) is 4.90. The van der Waals surface area contributed by atoms with Crippen molar-refractivity contribution in [2.45, 2.75) is 19.6 Å². The van der Waals surface area contributed by atoms with Gasteiger partial charge in [0.2, 0.25) is 5.72 Å². The fourth-order valence-corrected chi connectivity index (χ4v) is 1.59. The van der Waals surface area contributed by atoms with Gasteiger partial charge in [0.1, 0.15) is 12.0 Å². The number of ether oxygens (including phenoxy) is 1. The highest BCUT2D eigenvalue weighted by molar-refractivity contribution is 5.91. The summed E-state index contributed by atoms with van der Waals surface area (Å²) >= 11 is 0. The molecule has 2 heterocycles. The number of primary amides is 1. The third-order valence-corrected chi connectivity index (χ3v) is 2.50. The van der Waals surface area contributed by atoms with E-state index in [9.17, 15) is 4.79 Å². The summed E-state index contributed by atoms with van der Waals surface area (Å²) in [5.41, 5.74) is 6.47. The van der Waals surface area contributed by atoms with Crippen molar-refractivity contribution < 1.29 is 9.53 Å². The summed E-state index contributed by atoms with van der Waals surface area (Å²) in [5.74, 6) is -0.533. The van der Waals surface area contributed by atoms with E-state index in [1.165, 1.54) is 6.26 Å². The molecule has 5 heteroatoms. The van der Waals surface area contributed by atoms with Crippen molar-refractivity contribution in [3.05, 3.63) is 41.5 Å². The Morgan fingerprint density at radius 3 is 2.94 bits per heavy atom. The first kappa shape index (κ1) is 10.5. The number of hydrogen-bond acceptors (Lipinski definition) is 4. The van der Waals surface area contributed by atoms with Crippen LogP contribution in [0.5, 0.6) is 0 Å². The third kappa shape index (κ3) is 1.71. The molecule has 1 aliphatic rings. The Hall–Kier alpha value is -2.04. The van der Waals surface area contributed by atoms with Crippen LogP contribution in [0.3, 0.4) is 0 Å². The molecule has 84 valence electrons. The Kier molecular flexibility index (Phi) is 2.30. The summed E-state index contributed by atoms with van der Waals surface area (Å²) in [6, 6.07) is 3.72. The number of hydrogen-bond donors (Lipinski definition) is 2. The van der Waals surface area contributed by atoms with E-state index in [2.05, 4.69) is 10.3 Å². The summed E-state index contributed by atoms with van der Waals surface area (Å²) < 4.78 is 5.45. The van der Waals surface area contributed by atoms with Crippen molar-refractivity contribution in [2.24, 2.45) is 5.73 Å². The Balaban J connectivity index is 2.27. The molecule has 2 rings (SSSR count). The quantitative estimate of drug-likeness (QED) is 0.759. The number of nitrogens with zero attached hydrogens (tertiary/aromatic N) is 1. The number of rotatable bonds is 2. The molecule has 16 heavy (non-hydrogen) atoms. The minimum Gasteiger partial charge on any atom is -0.469 e. The summed E-state index contributed by atoms with van der Waals surface area (Å²) in [7, 11) is 0. The van der Waals surface area contributed by atoms with E-state index in [0.717, 1.165) is 11.3 Å². The first-order chi connectivity index (χ1) is 7.51. The zero-order valence-corrected chi connectivity index (χ0v) is 9.15. The molecule has 3 N–H and O–H groups in total. The molecule has 0 spiro atoms. The van der Waals surface area contributed by atoms with E-state index >= 15 is 0 Å². The second kappa shape index (κ2) is 3.52. The van der Waals surface area contributed by atoms with E-state index in [1.54, 1.807) is 6.20 Å². The van der Waals surface area contributed by atoms with Crippen LogP contribution in [0, 0.1) is 6.92 Å². The number of aromatic nitrogens is 1. The summed E-state index contributed by atoms with van der Waals surface area (Å²) in [5, 5.41) is 2.95. The van der Waals surface area contributed by atoms with Gasteiger partial charge in [0.25, 0.3) is 5.91 Å². The van der Waals surface area contributed by atoms with Gasteiger partial charge in [-0.15, -0.1) is 0 Å². The van der Waals surface area contributed by atoms with Gasteiger partial charge in [-0.2, -0.15) is 0 Å². The maximum absolute atomic E-state index is 11.0. The zero-order chi connectivity index (χ0) is 11.8. The molecule has 1 aromatic rings. The average molecular weight is 219 g/mol. The summed E-state index contributed by atoms with van der Waals surface area (Å²) in [6.45, 7) is 3.72. The van der Waals surface area contributed by atoms with Crippen LogP contribution in [0.1, 0.15) is 18.2 Å². The van der Waals surface area contributed by atoms with Crippen molar-refractivity contribution in [3.8, 4) is 0 Å². The number of amides is 1. The lowest BCUT2D eigenvalue weighted by Crippen LogP contribution is -2.38. The molecular weight excluding hydrogens is 206 g/mol. The largest absolute Gasteiger partial charge is 0.469 e. The molecule has 5 nitrogen and oxygen atoms in total. The van der Waals surface area contributed by atoms with Crippen molar-refractivity contribution in [3.63, 3.8) is 0 Å². The minimum absolute atomic E-state index is 0.275. The molecule has 1 aromatic heterocycles. The van der Waals surface area contributed by atoms with Crippen molar-refractivity contribution in [1.29, 1.82) is 0 Å². The highest BCUT2D eigenvalue weighted by atomic mass is 16.5. The van der Waals surface area contributed by atoms with Crippen LogP contribution < -0.4 is 11.1 Å².